The number of nitriles is 1. The molecule has 3 aromatic carbocycles. The minimum Gasteiger partial charge on any atom is -0.490 e. The summed E-state index contributed by atoms with van der Waals surface area (Å²) in [5, 5.41) is 15.1. The van der Waals surface area contributed by atoms with Gasteiger partial charge in [0.2, 0.25) is 11.8 Å². The summed E-state index contributed by atoms with van der Waals surface area (Å²) >= 11 is 6.25. The molecule has 2 saturated carbocycles. The second kappa shape index (κ2) is 15.3. The number of benzene rings is 3. The van der Waals surface area contributed by atoms with Gasteiger partial charge in [0.25, 0.3) is 17.7 Å². The maximum Gasteiger partial charge on any atom is 0.262 e. The predicted octanol–water partition coefficient (Wildman–Crippen LogP) is 5.59. The Bertz CT molecular complexity index is 2250. The molecular formula is C45H49ClN6O7. The molecule has 13 nitrogen and oxygen atoms in total. The van der Waals surface area contributed by atoms with Crippen LogP contribution in [0.15, 0.2) is 60.7 Å². The number of hydrogen-bond acceptors (Lipinski definition) is 10. The van der Waals surface area contributed by atoms with Gasteiger partial charge >= 0.3 is 0 Å². The van der Waals surface area contributed by atoms with Gasteiger partial charge in [-0.15, -0.1) is 0 Å². The zero-order chi connectivity index (χ0) is 42.0. The van der Waals surface area contributed by atoms with E-state index in [9.17, 15) is 29.2 Å². The summed E-state index contributed by atoms with van der Waals surface area (Å²) in [6, 6.07) is 19.1. The highest BCUT2D eigenvalue weighted by Gasteiger charge is 2.64. The molecule has 1 unspecified atom stereocenters. The quantitative estimate of drug-likeness (QED) is 0.233. The third-order valence-electron chi connectivity index (χ3n) is 13.2. The average Bonchev–Trinajstić information content (AvgIpc) is 3.75. The van der Waals surface area contributed by atoms with Crippen LogP contribution in [0, 0.1) is 28.1 Å². The van der Waals surface area contributed by atoms with Crippen molar-refractivity contribution >= 4 is 46.8 Å². The van der Waals surface area contributed by atoms with E-state index in [1.165, 1.54) is 0 Å². The third-order valence-corrected chi connectivity index (χ3v) is 13.5. The van der Waals surface area contributed by atoms with Crippen LogP contribution in [-0.2, 0) is 9.59 Å². The summed E-state index contributed by atoms with van der Waals surface area (Å²) in [4.78, 5) is 69.5. The molecule has 2 atom stereocenters. The number of halogens is 1. The molecule has 308 valence electrons. The van der Waals surface area contributed by atoms with E-state index in [4.69, 9.17) is 21.1 Å². The number of hydrogen-bond donors (Lipinski definition) is 2. The number of ether oxygens (including phenoxy) is 2. The largest absolute Gasteiger partial charge is 0.490 e. The summed E-state index contributed by atoms with van der Waals surface area (Å²) in [6.45, 7) is 11.2. The smallest absolute Gasteiger partial charge is 0.262 e. The van der Waals surface area contributed by atoms with Crippen LogP contribution in [0.2, 0.25) is 5.02 Å². The van der Waals surface area contributed by atoms with E-state index in [-0.39, 0.29) is 59.0 Å². The number of nitrogens with one attached hydrogen (secondary N) is 2. The normalized spacial score (nSPS) is 26.7. The van der Waals surface area contributed by atoms with Crippen molar-refractivity contribution in [3.8, 4) is 17.6 Å². The number of anilines is 1. The highest BCUT2D eigenvalue weighted by molar-refractivity contribution is 6.31. The number of carbonyl (C=O) groups is 5. The molecule has 59 heavy (non-hydrogen) atoms. The van der Waals surface area contributed by atoms with Crippen molar-refractivity contribution in [1.82, 2.24) is 20.4 Å². The van der Waals surface area contributed by atoms with E-state index in [1.54, 1.807) is 36.4 Å². The van der Waals surface area contributed by atoms with Crippen molar-refractivity contribution in [1.29, 1.82) is 5.26 Å². The number of fused-ring (bicyclic) bond motifs is 1. The molecule has 3 aromatic rings. The van der Waals surface area contributed by atoms with Gasteiger partial charge in [-0.1, -0.05) is 39.3 Å². The van der Waals surface area contributed by atoms with Crippen molar-refractivity contribution < 1.29 is 33.4 Å². The van der Waals surface area contributed by atoms with Crippen LogP contribution in [-0.4, -0.2) is 96.4 Å². The standard InChI is InChI=1S/C45H49ClN6O7/c1-44(2)42(45(3,4)43(44)59-31-11-8-27(22-47)35(46)21-31)49-38(54)26-6-9-28(10-7-26)51-17-16-25(24-51)23-50(5)29-18-32(19-29)58-30-12-13-33-34(20-30)41(57)52(40(33)56)36-14-15-37(53)48-39(36)55/h6-13,20-21,25,29,32,36,42-43H,14-19,23-24H2,1-5H3,(H,49,54)(H,48,53,55)/t25-,29?,32?,36?,42?,43?/m0/s1. The maximum absolute atomic E-state index is 13.5. The van der Waals surface area contributed by atoms with Crippen LogP contribution in [0.3, 0.4) is 0 Å². The summed E-state index contributed by atoms with van der Waals surface area (Å²) < 4.78 is 12.6. The Morgan fingerprint density at radius 3 is 2.29 bits per heavy atom. The predicted molar refractivity (Wildman–Crippen MR) is 219 cm³/mol. The first kappa shape index (κ1) is 40.3. The molecule has 0 bridgehead atoms. The fourth-order valence-electron chi connectivity index (χ4n) is 10.1. The Kier molecular flexibility index (Phi) is 10.5. The first-order valence-electron chi connectivity index (χ1n) is 20.3. The Morgan fingerprint density at radius 1 is 0.932 bits per heavy atom. The zero-order valence-electron chi connectivity index (χ0n) is 33.9. The van der Waals surface area contributed by atoms with Crippen molar-refractivity contribution in [2.75, 3.05) is 31.6 Å². The molecule has 3 aliphatic heterocycles. The highest BCUT2D eigenvalue weighted by Crippen LogP contribution is 2.55. The first-order valence-corrected chi connectivity index (χ1v) is 20.7. The van der Waals surface area contributed by atoms with Crippen molar-refractivity contribution in [3.63, 3.8) is 0 Å². The van der Waals surface area contributed by atoms with Crippen LogP contribution < -0.4 is 25.0 Å². The molecule has 8 rings (SSSR count). The van der Waals surface area contributed by atoms with E-state index in [0.717, 1.165) is 49.5 Å². The Morgan fingerprint density at radius 2 is 1.61 bits per heavy atom. The summed E-state index contributed by atoms with van der Waals surface area (Å²) in [6.07, 6.45) is 2.74. The Balaban J connectivity index is 0.788. The number of imide groups is 2. The first-order chi connectivity index (χ1) is 28.0. The molecule has 3 heterocycles. The molecule has 5 amide bonds. The summed E-state index contributed by atoms with van der Waals surface area (Å²) in [7, 11) is 2.15. The Labute approximate surface area is 348 Å². The van der Waals surface area contributed by atoms with E-state index < -0.39 is 29.7 Å². The average molecular weight is 821 g/mol. The van der Waals surface area contributed by atoms with Crippen LogP contribution in [0.4, 0.5) is 5.69 Å². The number of piperidine rings is 1. The van der Waals surface area contributed by atoms with E-state index in [2.05, 4.69) is 61.2 Å². The number of carbonyl (C=O) groups excluding carboxylic acids is 5. The lowest BCUT2D eigenvalue weighted by Gasteiger charge is -2.63. The molecule has 5 aliphatic rings. The van der Waals surface area contributed by atoms with Crippen LogP contribution in [0.1, 0.15) is 96.4 Å². The van der Waals surface area contributed by atoms with Gasteiger partial charge in [0, 0.05) is 79.1 Å². The lowest BCUT2D eigenvalue weighted by atomic mass is 9.49. The fourth-order valence-corrected chi connectivity index (χ4v) is 10.3. The minimum atomic E-state index is -1.00. The van der Waals surface area contributed by atoms with Crippen LogP contribution in [0.5, 0.6) is 11.5 Å². The van der Waals surface area contributed by atoms with E-state index >= 15 is 0 Å². The molecule has 4 fully saturated rings. The summed E-state index contributed by atoms with van der Waals surface area (Å²) in [5.41, 5.74) is 1.82. The molecule has 2 aliphatic carbocycles. The van der Waals surface area contributed by atoms with Gasteiger partial charge in [-0.3, -0.25) is 34.2 Å². The molecule has 14 heteroatoms. The molecule has 2 saturated heterocycles. The maximum atomic E-state index is 13.5. The SMILES string of the molecule is CN(C[C@@H]1CCN(c2ccc(C(=O)NC3C(C)(C)C(Oc4ccc(C#N)c(Cl)c4)C3(C)C)cc2)C1)C1CC(Oc2ccc3c(c2)C(=O)N(C2CCC(=O)NC2=O)C3=O)C1. The van der Waals surface area contributed by atoms with Gasteiger partial charge in [-0.25, -0.2) is 0 Å². The lowest BCUT2D eigenvalue weighted by Crippen LogP contribution is -2.74. The number of rotatable bonds is 11. The van der Waals surface area contributed by atoms with Gasteiger partial charge in [0.1, 0.15) is 35.8 Å². The molecule has 0 spiro atoms. The van der Waals surface area contributed by atoms with E-state index in [0.29, 0.717) is 39.6 Å². The third kappa shape index (κ3) is 7.42. The Hall–Kier alpha value is -5.45. The van der Waals surface area contributed by atoms with Crippen LogP contribution in [0.25, 0.3) is 0 Å². The van der Waals surface area contributed by atoms with Gasteiger partial charge in [0.05, 0.1) is 21.7 Å². The van der Waals surface area contributed by atoms with Crippen molar-refractivity contribution in [3.05, 3.63) is 87.9 Å². The van der Waals surface area contributed by atoms with Gasteiger partial charge in [-0.2, -0.15) is 5.26 Å². The fraction of sp³-hybridized carbons (Fsp3) is 0.467. The van der Waals surface area contributed by atoms with Crippen LogP contribution >= 0.6 is 11.6 Å². The zero-order valence-corrected chi connectivity index (χ0v) is 34.7. The second-order valence-corrected chi connectivity index (χ2v) is 18.3. The molecular weight excluding hydrogens is 772 g/mol. The van der Waals surface area contributed by atoms with E-state index in [1.807, 2.05) is 24.3 Å². The molecule has 0 aromatic heterocycles. The summed E-state index contributed by atoms with van der Waals surface area (Å²) in [5.74, 6) is -0.644. The van der Waals surface area contributed by atoms with Crippen molar-refractivity contribution in [2.24, 2.45) is 16.7 Å². The van der Waals surface area contributed by atoms with Gasteiger partial charge in [-0.05, 0) is 80.4 Å². The van der Waals surface area contributed by atoms with Gasteiger partial charge in [0.15, 0.2) is 0 Å². The van der Waals surface area contributed by atoms with Crippen molar-refractivity contribution in [2.45, 2.75) is 90.1 Å². The highest BCUT2D eigenvalue weighted by atomic mass is 35.5. The van der Waals surface area contributed by atoms with Gasteiger partial charge < -0.3 is 24.6 Å². The monoisotopic (exact) mass is 820 g/mol. The second-order valence-electron chi connectivity index (χ2n) is 17.9. The lowest BCUT2D eigenvalue weighted by molar-refractivity contribution is -0.164. The number of amides is 5. The molecule has 2 N–H and O–H groups in total. The molecule has 0 radical (unpaired) electrons. The topological polar surface area (TPSA) is 161 Å². The minimum absolute atomic E-state index is 0.0144. The number of nitrogens with zero attached hydrogens (tertiary/aromatic N) is 4.